The Morgan fingerprint density at radius 1 is 0.820 bits per heavy atom. The zero-order valence-electron chi connectivity index (χ0n) is 36.6. The number of H-pyrrole nitrogens is 1. The second kappa shape index (κ2) is 31.7. The van der Waals surface area contributed by atoms with Crippen LogP contribution in [0.15, 0.2) is 18.2 Å². The average Bonchev–Trinajstić information content (AvgIpc) is 3.65. The Labute approximate surface area is 380 Å². The molecule has 1 aliphatic heterocycles. The van der Waals surface area contributed by atoms with Crippen LogP contribution in [0.25, 0.3) is 11.6 Å². The molecule has 0 aliphatic carbocycles. The molecule has 61 heavy (non-hydrogen) atoms. The van der Waals surface area contributed by atoms with Gasteiger partial charge in [-0.05, 0) is 56.8 Å². The van der Waals surface area contributed by atoms with Crippen LogP contribution in [0.5, 0.6) is 0 Å². The number of aromatic nitrogens is 1. The zero-order valence-corrected chi connectivity index (χ0v) is 39.5. The predicted molar refractivity (Wildman–Crippen MR) is 219 cm³/mol. The first-order valence-corrected chi connectivity index (χ1v) is 21.6. The summed E-state index contributed by atoms with van der Waals surface area (Å²) in [5.41, 5.74) is 2.72. The summed E-state index contributed by atoms with van der Waals surface area (Å²) in [4.78, 5) is 45.7. The molecule has 2 N–H and O–H groups in total. The molecule has 18 nitrogen and oxygen atoms in total. The van der Waals surface area contributed by atoms with E-state index in [0.717, 1.165) is 24.1 Å². The topological polar surface area (TPSA) is 201 Å². The standard InChI is InChI=1S/C40H64FN4O14P.Na/c1-6-44(7-2)11-10-42-39(46)38-31(3)36(43-32(38)4)29-35-34-28-33(41)8-9-37(34)45(40(35)47)30-59-60(48,49)58-27-26-57-25-24-56-23-22-55-21-20-54-19-18-53-17-16-52-15-14-51-13-12-50-5;/h8-9,28-29,43H,6-7,10-27,30H2,1-5H3,(H,42,46)(H,48,49);/q;+1/p-1/b35-29-;. The number of halogens is 1. The van der Waals surface area contributed by atoms with Crippen molar-refractivity contribution in [3.63, 3.8) is 0 Å². The number of likely N-dealkylation sites (N-methyl/N-ethyl adjacent to an activating group) is 1. The van der Waals surface area contributed by atoms with E-state index < -0.39 is 26.3 Å². The number of methoxy groups -OCH3 is 1. The van der Waals surface area contributed by atoms with Crippen LogP contribution in [0.4, 0.5) is 10.1 Å². The number of ether oxygens (including phenoxy) is 8. The van der Waals surface area contributed by atoms with Crippen LogP contribution in [0.2, 0.25) is 0 Å². The van der Waals surface area contributed by atoms with Gasteiger partial charge >= 0.3 is 29.6 Å². The molecule has 21 heteroatoms. The fourth-order valence-corrected chi connectivity index (χ4v) is 6.52. The van der Waals surface area contributed by atoms with Crippen molar-refractivity contribution < 1.29 is 99.9 Å². The van der Waals surface area contributed by atoms with Gasteiger partial charge in [-0.2, -0.15) is 0 Å². The maximum Gasteiger partial charge on any atom is 1.00 e. The first-order valence-electron chi connectivity index (χ1n) is 20.2. The van der Waals surface area contributed by atoms with E-state index in [9.17, 15) is 23.4 Å². The summed E-state index contributed by atoms with van der Waals surface area (Å²) in [7, 11) is -3.24. The molecule has 3 rings (SSSR count). The van der Waals surface area contributed by atoms with Crippen LogP contribution in [0.3, 0.4) is 0 Å². The number of anilines is 1. The van der Waals surface area contributed by atoms with Crippen LogP contribution in [-0.4, -0.2) is 167 Å². The second-order valence-electron chi connectivity index (χ2n) is 13.2. The Hall–Kier alpha value is -2.14. The van der Waals surface area contributed by atoms with Gasteiger partial charge in [-0.3, -0.25) is 23.6 Å². The third-order valence-corrected chi connectivity index (χ3v) is 10.0. The van der Waals surface area contributed by atoms with Gasteiger partial charge in [-0.15, -0.1) is 0 Å². The number of nitrogens with one attached hydrogen (secondary N) is 2. The van der Waals surface area contributed by atoms with Gasteiger partial charge in [0.2, 0.25) is 0 Å². The molecule has 0 saturated heterocycles. The predicted octanol–water partition coefficient (Wildman–Crippen LogP) is -0.0449. The summed E-state index contributed by atoms with van der Waals surface area (Å²) < 4.78 is 79.7. The van der Waals surface area contributed by atoms with Crippen LogP contribution >= 0.6 is 7.82 Å². The second-order valence-corrected chi connectivity index (χ2v) is 14.6. The number of hydrogen-bond donors (Lipinski definition) is 2. The van der Waals surface area contributed by atoms with E-state index in [2.05, 4.69) is 29.0 Å². The van der Waals surface area contributed by atoms with Gasteiger partial charge in [0, 0.05) is 37.2 Å². The van der Waals surface area contributed by atoms with Crippen LogP contribution < -0.4 is 44.7 Å². The van der Waals surface area contributed by atoms with Crippen molar-refractivity contribution in [2.75, 3.05) is 151 Å². The molecule has 2 aromatic rings. The van der Waals surface area contributed by atoms with E-state index >= 15 is 0 Å². The summed E-state index contributed by atoms with van der Waals surface area (Å²) in [6.07, 6.45) is 1.52. The zero-order chi connectivity index (χ0) is 43.6. The summed E-state index contributed by atoms with van der Waals surface area (Å²) in [6, 6.07) is 3.71. The number of phosphoric acid groups is 1. The molecule has 2 heterocycles. The Kier molecular flexibility index (Phi) is 28.5. The van der Waals surface area contributed by atoms with E-state index in [1.807, 2.05) is 0 Å². The van der Waals surface area contributed by atoms with E-state index in [-0.39, 0.29) is 78.7 Å². The summed E-state index contributed by atoms with van der Waals surface area (Å²) in [5, 5.41) is 2.95. The Morgan fingerprint density at radius 2 is 1.31 bits per heavy atom. The fraction of sp³-hybridized carbons (Fsp3) is 0.650. The number of aromatic amines is 1. The van der Waals surface area contributed by atoms with E-state index in [1.54, 1.807) is 21.0 Å². The molecule has 1 atom stereocenters. The molecule has 0 bridgehead atoms. The van der Waals surface area contributed by atoms with Crippen molar-refractivity contribution in [3.8, 4) is 0 Å². The smallest absolute Gasteiger partial charge is 0.756 e. The number of hydrogen-bond acceptors (Lipinski definition) is 15. The molecule has 1 unspecified atom stereocenters. The molecule has 1 aliphatic rings. The molecule has 0 saturated carbocycles. The Balaban J connectivity index is 0.0000128. The van der Waals surface area contributed by atoms with Gasteiger partial charge in [-0.1, -0.05) is 13.8 Å². The number of benzene rings is 1. The van der Waals surface area contributed by atoms with Crippen molar-refractivity contribution in [2.45, 2.75) is 27.7 Å². The number of nitrogens with zero attached hydrogens (tertiary/aromatic N) is 2. The average molecular weight is 897 g/mol. The minimum atomic E-state index is -4.87. The number of amides is 2. The van der Waals surface area contributed by atoms with Crippen LogP contribution in [-0.2, 0) is 56.3 Å². The van der Waals surface area contributed by atoms with Gasteiger partial charge < -0.3 is 62.5 Å². The maximum atomic E-state index is 14.4. The summed E-state index contributed by atoms with van der Waals surface area (Å²) in [5.74, 6) is -1.46. The SMILES string of the molecule is CCN(CC)CCNC(=O)c1c(C)[nH]c(/C=C2\C(=O)N(COP(=O)([O-])OCCOCCOCCOCCOCCOCCOCCOCCOC)c3ccc(F)cc32)c1C.[Na+]. The van der Waals surface area contributed by atoms with Crippen LogP contribution in [0.1, 0.15) is 46.7 Å². The molecular weight excluding hydrogens is 833 g/mol. The normalized spacial score (nSPS) is 14.2. The third-order valence-electron chi connectivity index (χ3n) is 9.10. The van der Waals surface area contributed by atoms with Gasteiger partial charge in [0.1, 0.15) is 12.5 Å². The molecule has 2 amide bonds. The van der Waals surface area contributed by atoms with Gasteiger partial charge in [0.25, 0.3) is 19.6 Å². The molecule has 0 fully saturated rings. The number of phosphoric ester groups is 1. The number of carbonyl (C=O) groups excluding carboxylic acids is 2. The minimum Gasteiger partial charge on any atom is -0.756 e. The minimum absolute atomic E-state index is 0. The molecule has 340 valence electrons. The summed E-state index contributed by atoms with van der Waals surface area (Å²) >= 11 is 0. The largest absolute Gasteiger partial charge is 1.00 e. The Morgan fingerprint density at radius 3 is 1.80 bits per heavy atom. The van der Waals surface area contributed by atoms with E-state index in [1.165, 1.54) is 18.2 Å². The Bertz CT molecular complexity index is 1650. The molecule has 1 aromatic heterocycles. The molecule has 0 spiro atoms. The third kappa shape index (κ3) is 20.5. The number of rotatable bonds is 35. The van der Waals surface area contributed by atoms with Crippen molar-refractivity contribution in [1.29, 1.82) is 0 Å². The number of aryl methyl sites for hydroxylation is 1. The first-order chi connectivity index (χ1) is 29.0. The van der Waals surface area contributed by atoms with Crippen molar-refractivity contribution in [1.82, 2.24) is 15.2 Å². The van der Waals surface area contributed by atoms with Gasteiger partial charge in [-0.25, -0.2) is 4.39 Å². The van der Waals surface area contributed by atoms with Crippen LogP contribution in [0, 0.1) is 19.7 Å². The van der Waals surface area contributed by atoms with Gasteiger partial charge in [0.15, 0.2) is 0 Å². The molecule has 0 radical (unpaired) electrons. The van der Waals surface area contributed by atoms with Crippen molar-refractivity contribution in [2.24, 2.45) is 0 Å². The molecular formula is C40H63FN4NaO14P. The maximum absolute atomic E-state index is 14.4. The summed E-state index contributed by atoms with van der Waals surface area (Å²) in [6.45, 7) is 15.4. The number of fused-ring (bicyclic) bond motifs is 1. The van der Waals surface area contributed by atoms with Gasteiger partial charge in [0.05, 0.1) is 123 Å². The van der Waals surface area contributed by atoms with Crippen molar-refractivity contribution in [3.05, 3.63) is 52.1 Å². The van der Waals surface area contributed by atoms with E-state index in [0.29, 0.717) is 115 Å². The quantitative estimate of drug-likeness (QED) is 0.0404. The fourth-order valence-electron chi connectivity index (χ4n) is 5.89. The van der Waals surface area contributed by atoms with Crippen molar-refractivity contribution >= 4 is 37.0 Å². The first kappa shape index (κ1) is 55.0. The number of carbonyl (C=O) groups is 2. The van der Waals surface area contributed by atoms with E-state index in [4.69, 9.17) is 46.9 Å². The molecule has 1 aromatic carbocycles. The monoisotopic (exact) mass is 896 g/mol.